The van der Waals surface area contributed by atoms with Crippen LogP contribution in [-0.2, 0) is 6.54 Å². The molecule has 0 unspecified atom stereocenters. The molecule has 3 rings (SSSR count). The minimum absolute atomic E-state index is 0.179. The molecule has 6 heteroatoms. The molecule has 0 aliphatic rings. The Morgan fingerprint density at radius 3 is 2.67 bits per heavy atom. The van der Waals surface area contributed by atoms with E-state index < -0.39 is 0 Å². The van der Waals surface area contributed by atoms with Crippen LogP contribution in [0.2, 0.25) is 5.02 Å². The van der Waals surface area contributed by atoms with E-state index in [1.165, 1.54) is 6.20 Å². The van der Waals surface area contributed by atoms with Crippen LogP contribution in [0.4, 0.5) is 0 Å². The summed E-state index contributed by atoms with van der Waals surface area (Å²) in [5.41, 5.74) is 1.77. The maximum absolute atomic E-state index is 12.6. The molecule has 21 heavy (non-hydrogen) atoms. The van der Waals surface area contributed by atoms with Crippen LogP contribution < -0.4 is 0 Å². The first-order valence-electron chi connectivity index (χ1n) is 6.56. The topological polar surface area (TPSA) is 52.7 Å². The maximum Gasteiger partial charge on any atom is 0.215 e. The highest BCUT2D eigenvalue weighted by Gasteiger charge is 2.20. The zero-order valence-corrected chi connectivity index (χ0v) is 12.2. The van der Waals surface area contributed by atoms with E-state index in [0.29, 0.717) is 22.8 Å². The third-order valence-corrected chi connectivity index (χ3v) is 3.45. The first-order chi connectivity index (χ1) is 10.2. The van der Waals surface area contributed by atoms with Gasteiger partial charge in [0.1, 0.15) is 5.69 Å². The first kappa shape index (κ1) is 13.6. The SMILES string of the molecule is CCn1ncc(Cl)c1C(=O)c1cnn(-c2ccccc2)c1. The molecule has 2 aromatic heterocycles. The lowest BCUT2D eigenvalue weighted by molar-refractivity contribution is 0.102. The Bertz CT molecular complexity index is 776. The zero-order chi connectivity index (χ0) is 14.8. The number of nitrogens with zero attached hydrogens (tertiary/aromatic N) is 4. The number of benzene rings is 1. The quantitative estimate of drug-likeness (QED) is 0.696. The van der Waals surface area contributed by atoms with Gasteiger partial charge in [0.25, 0.3) is 0 Å². The number of halogens is 1. The average molecular weight is 301 g/mol. The van der Waals surface area contributed by atoms with Crippen molar-refractivity contribution < 1.29 is 4.79 Å². The van der Waals surface area contributed by atoms with Gasteiger partial charge in [0, 0.05) is 12.7 Å². The Morgan fingerprint density at radius 2 is 1.95 bits per heavy atom. The van der Waals surface area contributed by atoms with Gasteiger partial charge in [-0.05, 0) is 19.1 Å². The van der Waals surface area contributed by atoms with Crippen molar-refractivity contribution in [1.82, 2.24) is 19.6 Å². The van der Waals surface area contributed by atoms with Crippen LogP contribution in [0.15, 0.2) is 48.9 Å². The fraction of sp³-hybridized carbons (Fsp3) is 0.133. The van der Waals surface area contributed by atoms with Crippen LogP contribution in [0, 0.1) is 0 Å². The van der Waals surface area contributed by atoms with E-state index in [0.717, 1.165) is 5.69 Å². The van der Waals surface area contributed by atoms with Gasteiger partial charge in [-0.25, -0.2) is 4.68 Å². The number of ketones is 1. The van der Waals surface area contributed by atoms with E-state index >= 15 is 0 Å². The smallest absolute Gasteiger partial charge is 0.215 e. The summed E-state index contributed by atoms with van der Waals surface area (Å²) in [5, 5.41) is 8.66. The first-order valence-corrected chi connectivity index (χ1v) is 6.94. The van der Waals surface area contributed by atoms with Crippen LogP contribution in [0.3, 0.4) is 0 Å². The van der Waals surface area contributed by atoms with Crippen LogP contribution in [-0.4, -0.2) is 25.3 Å². The highest BCUT2D eigenvalue weighted by Crippen LogP contribution is 2.19. The van der Waals surface area contributed by atoms with Crippen molar-refractivity contribution in [2.24, 2.45) is 0 Å². The molecule has 0 spiro atoms. The Hall–Kier alpha value is -2.40. The molecule has 0 saturated carbocycles. The third-order valence-electron chi connectivity index (χ3n) is 3.17. The van der Waals surface area contributed by atoms with Gasteiger partial charge in [0.05, 0.1) is 28.7 Å². The van der Waals surface area contributed by atoms with Gasteiger partial charge >= 0.3 is 0 Å². The number of aromatic nitrogens is 4. The van der Waals surface area contributed by atoms with Crippen molar-refractivity contribution >= 4 is 17.4 Å². The zero-order valence-electron chi connectivity index (χ0n) is 11.4. The highest BCUT2D eigenvalue weighted by atomic mass is 35.5. The standard InChI is InChI=1S/C15H13ClN4O/c1-2-19-14(13(16)9-18-19)15(21)11-8-17-20(10-11)12-6-4-3-5-7-12/h3-10H,2H2,1H3. The van der Waals surface area contributed by atoms with Gasteiger partial charge in [-0.3, -0.25) is 9.48 Å². The van der Waals surface area contributed by atoms with Gasteiger partial charge in [-0.2, -0.15) is 10.2 Å². The third kappa shape index (κ3) is 2.48. The molecule has 0 saturated heterocycles. The largest absolute Gasteiger partial charge is 0.287 e. The normalized spacial score (nSPS) is 10.8. The molecule has 2 heterocycles. The number of aryl methyl sites for hydroxylation is 1. The molecule has 106 valence electrons. The molecule has 0 radical (unpaired) electrons. The van der Waals surface area contributed by atoms with Crippen LogP contribution in [0.25, 0.3) is 5.69 Å². The Morgan fingerprint density at radius 1 is 1.19 bits per heavy atom. The van der Waals surface area contributed by atoms with Gasteiger partial charge < -0.3 is 0 Å². The van der Waals surface area contributed by atoms with E-state index in [1.807, 2.05) is 37.3 Å². The number of rotatable bonds is 4. The molecule has 5 nitrogen and oxygen atoms in total. The molecule has 0 N–H and O–H groups in total. The molecule has 0 atom stereocenters. The molecule has 0 bridgehead atoms. The van der Waals surface area contributed by atoms with E-state index in [2.05, 4.69) is 10.2 Å². The molecule has 0 fully saturated rings. The summed E-state index contributed by atoms with van der Waals surface area (Å²) >= 11 is 6.06. The summed E-state index contributed by atoms with van der Waals surface area (Å²) in [5.74, 6) is -0.179. The van der Waals surface area contributed by atoms with Crippen molar-refractivity contribution in [2.45, 2.75) is 13.5 Å². The van der Waals surface area contributed by atoms with E-state index in [9.17, 15) is 4.79 Å². The van der Waals surface area contributed by atoms with Gasteiger partial charge in [0.2, 0.25) is 5.78 Å². The minimum Gasteiger partial charge on any atom is -0.287 e. The predicted molar refractivity (Wildman–Crippen MR) is 79.9 cm³/mol. The molecule has 1 aromatic carbocycles. The van der Waals surface area contributed by atoms with Crippen LogP contribution in [0.1, 0.15) is 23.0 Å². The van der Waals surface area contributed by atoms with E-state index in [4.69, 9.17) is 11.6 Å². The lowest BCUT2D eigenvalue weighted by atomic mass is 10.2. The lowest BCUT2D eigenvalue weighted by Gasteiger charge is -2.02. The molecule has 0 amide bonds. The highest BCUT2D eigenvalue weighted by molar-refractivity contribution is 6.34. The summed E-state index contributed by atoms with van der Waals surface area (Å²) in [6.45, 7) is 2.49. The van der Waals surface area contributed by atoms with Crippen molar-refractivity contribution in [3.8, 4) is 5.69 Å². The molecule has 0 aliphatic heterocycles. The van der Waals surface area contributed by atoms with Crippen molar-refractivity contribution in [3.63, 3.8) is 0 Å². The Labute approximate surface area is 126 Å². The predicted octanol–water partition coefficient (Wildman–Crippen LogP) is 2.97. The number of hydrogen-bond acceptors (Lipinski definition) is 3. The van der Waals surface area contributed by atoms with Crippen molar-refractivity contribution in [1.29, 1.82) is 0 Å². The maximum atomic E-state index is 12.6. The Balaban J connectivity index is 1.97. The molecular formula is C15H13ClN4O. The van der Waals surface area contributed by atoms with Crippen molar-refractivity contribution in [2.75, 3.05) is 0 Å². The number of hydrogen-bond donors (Lipinski definition) is 0. The van der Waals surface area contributed by atoms with Gasteiger partial charge in [-0.15, -0.1) is 0 Å². The number of para-hydroxylation sites is 1. The lowest BCUT2D eigenvalue weighted by Crippen LogP contribution is -2.10. The van der Waals surface area contributed by atoms with Crippen LogP contribution >= 0.6 is 11.6 Å². The van der Waals surface area contributed by atoms with Gasteiger partial charge in [0.15, 0.2) is 0 Å². The van der Waals surface area contributed by atoms with Crippen LogP contribution in [0.5, 0.6) is 0 Å². The monoisotopic (exact) mass is 300 g/mol. The molecule has 3 aromatic rings. The summed E-state index contributed by atoms with van der Waals surface area (Å²) in [4.78, 5) is 12.6. The Kier molecular flexibility index (Phi) is 3.58. The van der Waals surface area contributed by atoms with E-state index in [1.54, 1.807) is 21.8 Å². The summed E-state index contributed by atoms with van der Waals surface area (Å²) < 4.78 is 3.25. The second kappa shape index (κ2) is 5.54. The molecule has 0 aliphatic carbocycles. The summed E-state index contributed by atoms with van der Waals surface area (Å²) in [6, 6.07) is 9.61. The van der Waals surface area contributed by atoms with Gasteiger partial charge in [-0.1, -0.05) is 29.8 Å². The second-order valence-corrected chi connectivity index (χ2v) is 4.90. The number of carbonyl (C=O) groups excluding carboxylic acids is 1. The van der Waals surface area contributed by atoms with E-state index in [-0.39, 0.29) is 5.78 Å². The molecular weight excluding hydrogens is 288 g/mol. The fourth-order valence-electron chi connectivity index (χ4n) is 2.13. The number of carbonyl (C=O) groups is 1. The fourth-order valence-corrected chi connectivity index (χ4v) is 2.35. The second-order valence-electron chi connectivity index (χ2n) is 4.50. The minimum atomic E-state index is -0.179. The average Bonchev–Trinajstić information content (AvgIpc) is 3.14. The summed E-state index contributed by atoms with van der Waals surface area (Å²) in [7, 11) is 0. The van der Waals surface area contributed by atoms with Crippen molar-refractivity contribution in [3.05, 3.63) is 65.2 Å². The summed E-state index contributed by atoms with van der Waals surface area (Å²) in [6.07, 6.45) is 4.72.